The molecular weight excluding hydrogens is 308 g/mol. The van der Waals surface area contributed by atoms with E-state index in [0.717, 1.165) is 9.13 Å². The van der Waals surface area contributed by atoms with E-state index < -0.39 is 23.8 Å². The number of aromatic nitrogens is 2. The first-order chi connectivity index (χ1) is 8.40. The van der Waals surface area contributed by atoms with Crippen LogP contribution in [0, 0.1) is 6.92 Å². The summed E-state index contributed by atoms with van der Waals surface area (Å²) in [6.07, 6.45) is 0. The van der Waals surface area contributed by atoms with Crippen LogP contribution in [0.2, 0.25) is 0 Å². The van der Waals surface area contributed by atoms with Gasteiger partial charge >= 0.3 is 11.7 Å². The van der Waals surface area contributed by atoms with E-state index in [1.165, 1.54) is 14.0 Å². The smallest absolute Gasteiger partial charge is 0.331 e. The van der Waals surface area contributed by atoms with Gasteiger partial charge < -0.3 is 9.84 Å². The van der Waals surface area contributed by atoms with Gasteiger partial charge in [-0.1, -0.05) is 0 Å². The highest BCUT2D eigenvalue weighted by atomic mass is 79.9. The quantitative estimate of drug-likeness (QED) is 0.812. The Bertz CT molecular complexity index is 575. The predicted molar refractivity (Wildman–Crippen MR) is 66.9 cm³/mol. The van der Waals surface area contributed by atoms with Crippen molar-refractivity contribution in [2.75, 3.05) is 13.7 Å². The molecule has 0 fully saturated rings. The Balaban J connectivity index is 3.44. The molecule has 8 heteroatoms. The maximum atomic E-state index is 12.0. The predicted octanol–water partition coefficient (Wildman–Crippen LogP) is -0.188. The number of carboxylic acids is 1. The molecule has 1 N–H and O–H groups in total. The van der Waals surface area contributed by atoms with E-state index in [-0.39, 0.29) is 17.6 Å². The first kappa shape index (κ1) is 14.7. The summed E-state index contributed by atoms with van der Waals surface area (Å²) in [6, 6.07) is 0. The normalized spacial score (nSPS) is 10.6. The van der Waals surface area contributed by atoms with Crippen molar-refractivity contribution in [2.45, 2.75) is 20.0 Å². The molecule has 0 amide bonds. The fourth-order valence-electron chi connectivity index (χ4n) is 1.47. The second kappa shape index (κ2) is 5.96. The second-order valence-electron chi connectivity index (χ2n) is 3.61. The number of hydrogen-bond donors (Lipinski definition) is 1. The number of methoxy groups -OCH3 is 1. The maximum absolute atomic E-state index is 12.0. The van der Waals surface area contributed by atoms with Crippen LogP contribution in [0.1, 0.15) is 5.69 Å². The van der Waals surface area contributed by atoms with Gasteiger partial charge in [0.2, 0.25) is 0 Å². The number of carbonyl (C=O) groups is 1. The van der Waals surface area contributed by atoms with Crippen LogP contribution in [0.25, 0.3) is 0 Å². The Morgan fingerprint density at radius 3 is 2.50 bits per heavy atom. The highest BCUT2D eigenvalue weighted by Gasteiger charge is 2.15. The minimum Gasteiger partial charge on any atom is -0.480 e. The zero-order chi connectivity index (χ0) is 13.9. The molecule has 18 heavy (non-hydrogen) atoms. The van der Waals surface area contributed by atoms with Gasteiger partial charge in [0.15, 0.2) is 0 Å². The summed E-state index contributed by atoms with van der Waals surface area (Å²) >= 11 is 3.07. The standard InChI is InChI=1S/C10H13BrN2O5/c1-6-8(11)9(16)12(3-4-18-2)10(17)13(6)5-7(14)15/h3-5H2,1-2H3,(H,14,15). The third kappa shape index (κ3) is 2.88. The number of ether oxygens (including phenoxy) is 1. The average Bonchev–Trinajstić information content (AvgIpc) is 2.32. The molecule has 7 nitrogen and oxygen atoms in total. The minimum atomic E-state index is -1.15. The average molecular weight is 321 g/mol. The lowest BCUT2D eigenvalue weighted by molar-refractivity contribution is -0.137. The highest BCUT2D eigenvalue weighted by Crippen LogP contribution is 2.08. The van der Waals surface area contributed by atoms with Crippen molar-refractivity contribution in [2.24, 2.45) is 0 Å². The van der Waals surface area contributed by atoms with Crippen LogP contribution in [0.5, 0.6) is 0 Å². The third-order valence-electron chi connectivity index (χ3n) is 2.43. The molecule has 0 unspecified atom stereocenters. The van der Waals surface area contributed by atoms with Gasteiger partial charge in [-0.25, -0.2) is 4.79 Å². The zero-order valence-electron chi connectivity index (χ0n) is 9.97. The van der Waals surface area contributed by atoms with Gasteiger partial charge in [0, 0.05) is 12.8 Å². The molecule has 0 saturated heterocycles. The maximum Gasteiger partial charge on any atom is 0.331 e. The van der Waals surface area contributed by atoms with Crippen molar-refractivity contribution in [3.63, 3.8) is 0 Å². The van der Waals surface area contributed by atoms with Gasteiger partial charge in [0.1, 0.15) is 11.0 Å². The molecule has 100 valence electrons. The Hall–Kier alpha value is -1.41. The number of halogens is 1. The highest BCUT2D eigenvalue weighted by molar-refractivity contribution is 9.10. The zero-order valence-corrected chi connectivity index (χ0v) is 11.6. The van der Waals surface area contributed by atoms with Crippen molar-refractivity contribution >= 4 is 21.9 Å². The lowest BCUT2D eigenvalue weighted by Gasteiger charge is -2.12. The van der Waals surface area contributed by atoms with Crippen molar-refractivity contribution in [3.05, 3.63) is 31.0 Å². The van der Waals surface area contributed by atoms with E-state index in [9.17, 15) is 14.4 Å². The summed E-state index contributed by atoms with van der Waals surface area (Å²) in [7, 11) is 1.45. The summed E-state index contributed by atoms with van der Waals surface area (Å²) in [5.74, 6) is -1.15. The van der Waals surface area contributed by atoms with Gasteiger partial charge in [-0.2, -0.15) is 0 Å². The van der Waals surface area contributed by atoms with Crippen molar-refractivity contribution in [3.8, 4) is 0 Å². The van der Waals surface area contributed by atoms with E-state index in [2.05, 4.69) is 15.9 Å². The summed E-state index contributed by atoms with van der Waals surface area (Å²) in [6.45, 7) is 1.29. The van der Waals surface area contributed by atoms with Crippen molar-refractivity contribution < 1.29 is 14.6 Å². The summed E-state index contributed by atoms with van der Waals surface area (Å²) in [5, 5.41) is 8.76. The fourth-order valence-corrected chi connectivity index (χ4v) is 1.90. The molecular formula is C10H13BrN2O5. The first-order valence-corrected chi connectivity index (χ1v) is 5.90. The van der Waals surface area contributed by atoms with Gasteiger partial charge in [-0.3, -0.25) is 18.7 Å². The van der Waals surface area contributed by atoms with E-state index in [0.29, 0.717) is 5.69 Å². The molecule has 0 atom stereocenters. The summed E-state index contributed by atoms with van der Waals surface area (Å²) in [4.78, 5) is 34.6. The lowest BCUT2D eigenvalue weighted by atomic mass is 10.4. The SMILES string of the molecule is COCCn1c(=O)c(Br)c(C)n(CC(=O)O)c1=O. The van der Waals surface area contributed by atoms with Crippen LogP contribution in [-0.4, -0.2) is 33.9 Å². The number of aliphatic carboxylic acids is 1. The van der Waals surface area contributed by atoms with E-state index in [1.807, 2.05) is 0 Å². The number of rotatable bonds is 5. The third-order valence-corrected chi connectivity index (χ3v) is 3.34. The minimum absolute atomic E-state index is 0.0761. The Kier molecular flexibility index (Phi) is 4.85. The van der Waals surface area contributed by atoms with Crippen LogP contribution in [0.3, 0.4) is 0 Å². The topological polar surface area (TPSA) is 90.5 Å². The molecule has 0 saturated carbocycles. The van der Waals surface area contributed by atoms with Crippen LogP contribution < -0.4 is 11.2 Å². The molecule has 1 aromatic rings. The van der Waals surface area contributed by atoms with E-state index in [4.69, 9.17) is 9.84 Å². The van der Waals surface area contributed by atoms with Gasteiger partial charge in [0.05, 0.1) is 13.2 Å². The Labute approximate surface area is 111 Å². The van der Waals surface area contributed by atoms with Crippen molar-refractivity contribution in [1.29, 1.82) is 0 Å². The summed E-state index contributed by atoms with van der Waals surface area (Å²) in [5.41, 5.74) is -0.850. The van der Waals surface area contributed by atoms with Gasteiger partial charge in [-0.15, -0.1) is 0 Å². The molecule has 1 heterocycles. The molecule has 0 bridgehead atoms. The van der Waals surface area contributed by atoms with Crippen LogP contribution >= 0.6 is 15.9 Å². The lowest BCUT2D eigenvalue weighted by Crippen LogP contribution is -2.43. The largest absolute Gasteiger partial charge is 0.480 e. The monoisotopic (exact) mass is 320 g/mol. The van der Waals surface area contributed by atoms with Crippen LogP contribution in [-0.2, 0) is 22.6 Å². The first-order valence-electron chi connectivity index (χ1n) is 5.10. The van der Waals surface area contributed by atoms with Crippen LogP contribution in [0.15, 0.2) is 14.1 Å². The van der Waals surface area contributed by atoms with E-state index >= 15 is 0 Å². The molecule has 0 aliphatic heterocycles. The number of carboxylic acid groups (broad SMARTS) is 1. The van der Waals surface area contributed by atoms with E-state index in [1.54, 1.807) is 0 Å². The molecule has 0 aliphatic rings. The van der Waals surface area contributed by atoms with Crippen LogP contribution in [0.4, 0.5) is 0 Å². The molecule has 1 aromatic heterocycles. The second-order valence-corrected chi connectivity index (χ2v) is 4.40. The number of nitrogens with zero attached hydrogens (tertiary/aromatic N) is 2. The molecule has 0 aromatic carbocycles. The van der Waals surface area contributed by atoms with Gasteiger partial charge in [0.25, 0.3) is 5.56 Å². The Morgan fingerprint density at radius 2 is 2.00 bits per heavy atom. The Morgan fingerprint density at radius 1 is 1.39 bits per heavy atom. The molecule has 1 rings (SSSR count). The van der Waals surface area contributed by atoms with Gasteiger partial charge in [-0.05, 0) is 22.9 Å². The summed E-state index contributed by atoms with van der Waals surface area (Å²) < 4.78 is 6.97. The molecule has 0 spiro atoms. The molecule has 0 radical (unpaired) electrons. The van der Waals surface area contributed by atoms with Crippen molar-refractivity contribution in [1.82, 2.24) is 9.13 Å². The fraction of sp³-hybridized carbons (Fsp3) is 0.500. The number of hydrogen-bond acceptors (Lipinski definition) is 4. The molecule has 0 aliphatic carbocycles.